The van der Waals surface area contributed by atoms with Gasteiger partial charge in [0, 0.05) is 33.2 Å². The van der Waals surface area contributed by atoms with E-state index in [9.17, 15) is 19.4 Å². The van der Waals surface area contributed by atoms with Gasteiger partial charge in [-0.15, -0.1) is 0 Å². The summed E-state index contributed by atoms with van der Waals surface area (Å²) in [5.41, 5.74) is 8.56. The molecular weight excluding hydrogens is 425 g/mol. The summed E-state index contributed by atoms with van der Waals surface area (Å²) in [5, 5.41) is 29.8. The van der Waals surface area contributed by atoms with Crippen LogP contribution in [0.4, 0.5) is 4.39 Å². The first-order valence-electron chi connectivity index (χ1n) is 10.2. The van der Waals surface area contributed by atoms with Crippen molar-refractivity contribution in [3.63, 3.8) is 0 Å². The Labute approximate surface area is 188 Å². The van der Waals surface area contributed by atoms with Gasteiger partial charge in [-0.25, -0.2) is 4.39 Å². The fraction of sp³-hybridized carbons (Fsp3) is 0.120. The van der Waals surface area contributed by atoms with Crippen molar-refractivity contribution >= 4 is 22.7 Å². The monoisotopic (exact) mass is 447 g/mol. The van der Waals surface area contributed by atoms with Crippen molar-refractivity contribution in [1.29, 1.82) is 5.41 Å². The molecule has 0 amide bonds. The topological polar surface area (TPSA) is 132 Å². The third-order valence-electron chi connectivity index (χ3n) is 5.29. The molecule has 6 N–H and O–H groups in total. The number of nitrogen functional groups attached to an aromatic ring is 1. The minimum absolute atomic E-state index is 0.0669. The van der Waals surface area contributed by atoms with Crippen molar-refractivity contribution < 1.29 is 24.1 Å². The van der Waals surface area contributed by atoms with E-state index in [0.29, 0.717) is 22.4 Å². The number of fused-ring (bicyclic) bond motifs is 1. The minimum atomic E-state index is -0.582. The summed E-state index contributed by atoms with van der Waals surface area (Å²) in [4.78, 5) is 15.3. The maximum atomic E-state index is 13.9. The number of phenolic OH excluding ortho intramolecular Hbond substituents is 2. The standard InChI is InChI=1S/C25H22FN3O4/c1-2-33-23(31)9-13-7-18(17-12-16(26)4-6-22(17)30)24(32)19(8-13)21-11-15-10-14(25(27)28)3-5-20(15)29-21/h3-8,10-12,29-30,32H,2,9H2,1H3,(H3,27,28). The molecule has 33 heavy (non-hydrogen) atoms. The molecule has 0 bridgehead atoms. The van der Waals surface area contributed by atoms with Gasteiger partial charge in [-0.2, -0.15) is 0 Å². The molecule has 0 saturated heterocycles. The van der Waals surface area contributed by atoms with Crippen LogP contribution in [0.2, 0.25) is 0 Å². The van der Waals surface area contributed by atoms with Crippen LogP contribution in [0.25, 0.3) is 33.3 Å². The molecule has 0 aliphatic carbocycles. The summed E-state index contributed by atoms with van der Waals surface area (Å²) in [6.07, 6.45) is -0.0705. The normalized spacial score (nSPS) is 11.0. The lowest BCUT2D eigenvalue weighted by atomic mass is 9.95. The summed E-state index contributed by atoms with van der Waals surface area (Å²) >= 11 is 0. The van der Waals surface area contributed by atoms with Crippen LogP contribution in [-0.4, -0.2) is 33.6 Å². The molecule has 1 heterocycles. The van der Waals surface area contributed by atoms with Crippen LogP contribution in [-0.2, 0) is 16.0 Å². The van der Waals surface area contributed by atoms with Crippen LogP contribution >= 0.6 is 0 Å². The van der Waals surface area contributed by atoms with Gasteiger partial charge in [-0.1, -0.05) is 0 Å². The molecule has 8 heteroatoms. The SMILES string of the molecule is CCOC(=O)Cc1cc(-c2cc3cc(C(=N)N)ccc3[nH]2)c(O)c(-c2cc(F)ccc2O)c1. The van der Waals surface area contributed by atoms with Crippen LogP contribution < -0.4 is 5.73 Å². The van der Waals surface area contributed by atoms with Crippen LogP contribution in [0.5, 0.6) is 11.5 Å². The predicted molar refractivity (Wildman–Crippen MR) is 124 cm³/mol. The fourth-order valence-electron chi connectivity index (χ4n) is 3.75. The number of rotatable bonds is 6. The molecule has 0 unspecified atom stereocenters. The number of phenols is 2. The molecule has 168 valence electrons. The molecule has 3 aromatic carbocycles. The zero-order valence-electron chi connectivity index (χ0n) is 17.8. The second kappa shape index (κ2) is 8.66. The highest BCUT2D eigenvalue weighted by atomic mass is 19.1. The zero-order chi connectivity index (χ0) is 23.7. The number of hydrogen-bond donors (Lipinski definition) is 5. The van der Waals surface area contributed by atoms with Gasteiger partial charge in [0.05, 0.1) is 18.7 Å². The van der Waals surface area contributed by atoms with E-state index in [1.165, 1.54) is 12.1 Å². The first kappa shape index (κ1) is 21.9. The van der Waals surface area contributed by atoms with Gasteiger partial charge >= 0.3 is 5.97 Å². The van der Waals surface area contributed by atoms with Gasteiger partial charge in [0.1, 0.15) is 23.2 Å². The number of aromatic amines is 1. The maximum Gasteiger partial charge on any atom is 0.310 e. The van der Waals surface area contributed by atoms with E-state index in [-0.39, 0.29) is 41.5 Å². The first-order valence-corrected chi connectivity index (χ1v) is 10.2. The van der Waals surface area contributed by atoms with E-state index in [4.69, 9.17) is 15.9 Å². The van der Waals surface area contributed by atoms with Crippen LogP contribution in [0.3, 0.4) is 0 Å². The van der Waals surface area contributed by atoms with Crippen molar-refractivity contribution in [3.8, 4) is 33.9 Å². The highest BCUT2D eigenvalue weighted by molar-refractivity contribution is 6.00. The minimum Gasteiger partial charge on any atom is -0.507 e. The number of ether oxygens (including phenoxy) is 1. The summed E-state index contributed by atoms with van der Waals surface area (Å²) in [7, 11) is 0. The van der Waals surface area contributed by atoms with Gasteiger partial charge in [0.15, 0.2) is 0 Å². The number of halogens is 1. The number of hydrogen-bond acceptors (Lipinski definition) is 5. The van der Waals surface area contributed by atoms with Crippen LogP contribution in [0.15, 0.2) is 54.6 Å². The van der Waals surface area contributed by atoms with E-state index in [2.05, 4.69) is 4.98 Å². The average Bonchev–Trinajstić information content (AvgIpc) is 3.20. The van der Waals surface area contributed by atoms with Crippen molar-refractivity contribution in [2.24, 2.45) is 5.73 Å². The molecule has 1 aromatic heterocycles. The molecule has 0 radical (unpaired) electrons. The zero-order valence-corrected chi connectivity index (χ0v) is 17.8. The summed E-state index contributed by atoms with van der Waals surface area (Å²) in [6.45, 7) is 1.93. The van der Waals surface area contributed by atoms with Crippen LogP contribution in [0.1, 0.15) is 18.1 Å². The molecular formula is C25H22FN3O4. The molecule has 4 rings (SSSR count). The third-order valence-corrected chi connectivity index (χ3v) is 5.29. The summed E-state index contributed by atoms with van der Waals surface area (Å²) < 4.78 is 19.0. The number of nitrogens with one attached hydrogen (secondary N) is 2. The Kier molecular flexibility index (Phi) is 5.74. The Morgan fingerprint density at radius 3 is 2.55 bits per heavy atom. The van der Waals surface area contributed by atoms with Crippen molar-refractivity contribution in [2.45, 2.75) is 13.3 Å². The number of nitrogens with two attached hydrogens (primary N) is 1. The Hall–Kier alpha value is -4.33. The first-order chi connectivity index (χ1) is 15.8. The predicted octanol–water partition coefficient (Wildman–Crippen LogP) is 4.44. The Bertz CT molecular complexity index is 1390. The summed E-state index contributed by atoms with van der Waals surface area (Å²) in [5.74, 6) is -1.51. The molecule has 7 nitrogen and oxygen atoms in total. The van der Waals surface area contributed by atoms with E-state index in [1.807, 2.05) is 0 Å². The number of esters is 1. The van der Waals surface area contributed by atoms with E-state index < -0.39 is 11.8 Å². The smallest absolute Gasteiger partial charge is 0.310 e. The molecule has 0 atom stereocenters. The molecule has 0 saturated carbocycles. The Morgan fingerprint density at radius 2 is 1.82 bits per heavy atom. The van der Waals surface area contributed by atoms with E-state index in [0.717, 1.165) is 23.0 Å². The third kappa shape index (κ3) is 4.36. The number of carbonyl (C=O) groups excluding carboxylic acids is 1. The second-order valence-corrected chi connectivity index (χ2v) is 7.58. The quantitative estimate of drug-likeness (QED) is 0.169. The van der Waals surface area contributed by atoms with Gasteiger partial charge in [-0.3, -0.25) is 10.2 Å². The number of aromatic nitrogens is 1. The Balaban J connectivity index is 1.91. The highest BCUT2D eigenvalue weighted by Crippen LogP contribution is 2.43. The van der Waals surface area contributed by atoms with Gasteiger partial charge < -0.3 is 25.7 Å². The number of benzene rings is 3. The second-order valence-electron chi connectivity index (χ2n) is 7.58. The Morgan fingerprint density at radius 1 is 1.06 bits per heavy atom. The number of H-pyrrole nitrogens is 1. The largest absolute Gasteiger partial charge is 0.507 e. The van der Waals surface area contributed by atoms with Crippen LogP contribution in [0, 0.1) is 11.2 Å². The molecule has 4 aromatic rings. The lowest BCUT2D eigenvalue weighted by molar-refractivity contribution is -0.142. The van der Waals surface area contributed by atoms with Gasteiger partial charge in [0.2, 0.25) is 0 Å². The lowest BCUT2D eigenvalue weighted by Crippen LogP contribution is -2.10. The highest BCUT2D eigenvalue weighted by Gasteiger charge is 2.19. The number of carbonyl (C=O) groups is 1. The summed E-state index contributed by atoms with van der Waals surface area (Å²) in [6, 6.07) is 13.6. The molecule has 0 aliphatic heterocycles. The molecule has 0 spiro atoms. The number of aromatic hydroxyl groups is 2. The molecule has 0 fully saturated rings. The van der Waals surface area contributed by atoms with Crippen molar-refractivity contribution in [1.82, 2.24) is 4.98 Å². The van der Waals surface area contributed by atoms with E-state index in [1.54, 1.807) is 37.3 Å². The van der Waals surface area contributed by atoms with Gasteiger partial charge in [-0.05, 0) is 67.1 Å². The maximum absolute atomic E-state index is 13.9. The van der Waals surface area contributed by atoms with Crippen molar-refractivity contribution in [3.05, 3.63) is 71.5 Å². The lowest BCUT2D eigenvalue weighted by Gasteiger charge is -2.14. The fourth-order valence-corrected chi connectivity index (χ4v) is 3.75. The molecule has 0 aliphatic rings. The van der Waals surface area contributed by atoms with E-state index >= 15 is 0 Å². The van der Waals surface area contributed by atoms with Gasteiger partial charge in [0.25, 0.3) is 0 Å². The average molecular weight is 447 g/mol. The number of amidine groups is 1. The van der Waals surface area contributed by atoms with Crippen molar-refractivity contribution in [2.75, 3.05) is 6.61 Å².